The monoisotopic (exact) mass is 383 g/mol. The minimum atomic E-state index is -0.753. The molecule has 0 bridgehead atoms. The topological polar surface area (TPSA) is 73.8 Å². The predicted octanol–water partition coefficient (Wildman–Crippen LogP) is 1.36. The number of rotatable bonds is 2. The van der Waals surface area contributed by atoms with Crippen LogP contribution < -0.4 is 0 Å². The molecule has 3 amide bonds. The number of amidine groups is 1. The fourth-order valence-corrected chi connectivity index (χ4v) is 3.53. The summed E-state index contributed by atoms with van der Waals surface area (Å²) in [7, 11) is 3.05. The van der Waals surface area contributed by atoms with Gasteiger partial charge in [0.25, 0.3) is 5.91 Å². The van der Waals surface area contributed by atoms with Crippen LogP contribution in [0.1, 0.15) is 17.0 Å². The predicted molar refractivity (Wildman–Crippen MR) is 99.6 cm³/mol. The second kappa shape index (κ2) is 6.36. The number of benzene rings is 1. The summed E-state index contributed by atoms with van der Waals surface area (Å²) in [4.78, 5) is 32.4. The van der Waals surface area contributed by atoms with E-state index in [2.05, 4.69) is 10.1 Å². The van der Waals surface area contributed by atoms with Gasteiger partial charge in [-0.25, -0.2) is 13.8 Å². The normalized spacial score (nSPS) is 19.5. The molecule has 3 heterocycles. The summed E-state index contributed by atoms with van der Waals surface area (Å²) in [5.74, 6) is 0.125. The first-order valence-electron chi connectivity index (χ1n) is 8.83. The lowest BCUT2D eigenvalue weighted by Gasteiger charge is -2.31. The van der Waals surface area contributed by atoms with Gasteiger partial charge in [0, 0.05) is 14.1 Å². The van der Waals surface area contributed by atoms with E-state index in [1.807, 2.05) is 19.9 Å². The molecule has 1 aromatic heterocycles. The van der Waals surface area contributed by atoms with Crippen LogP contribution in [0.2, 0.25) is 0 Å². The molecular weight excluding hydrogens is 363 g/mol. The van der Waals surface area contributed by atoms with E-state index in [4.69, 9.17) is 0 Å². The molecule has 28 heavy (non-hydrogen) atoms. The van der Waals surface area contributed by atoms with Gasteiger partial charge < -0.3 is 0 Å². The summed E-state index contributed by atoms with van der Waals surface area (Å²) < 4.78 is 16.8. The molecule has 1 aromatic carbocycles. The first-order chi connectivity index (χ1) is 13.3. The summed E-state index contributed by atoms with van der Waals surface area (Å²) in [6.07, 6.45) is 0. The van der Waals surface area contributed by atoms with Gasteiger partial charge in [-0.1, -0.05) is 17.1 Å². The fourth-order valence-electron chi connectivity index (χ4n) is 3.53. The SMILES string of the molecule is Cc1cc(C)n(C2=[N+](Cc3ccc(F)cc3)C3C(=O)N(C)C(=O)N(C)C3=N2)n1. The molecule has 0 saturated carbocycles. The average molecular weight is 383 g/mol. The molecule has 1 atom stereocenters. The molecule has 2 aliphatic heterocycles. The molecule has 1 unspecified atom stereocenters. The Morgan fingerprint density at radius 3 is 2.39 bits per heavy atom. The largest absolute Gasteiger partial charge is 0.421 e. The van der Waals surface area contributed by atoms with Crippen LogP contribution in [0.4, 0.5) is 9.18 Å². The Hall–Kier alpha value is -3.36. The molecule has 8 nitrogen and oxygen atoms in total. The molecule has 0 radical (unpaired) electrons. The van der Waals surface area contributed by atoms with Crippen molar-refractivity contribution in [2.45, 2.75) is 26.4 Å². The van der Waals surface area contributed by atoms with Gasteiger partial charge >= 0.3 is 12.0 Å². The Morgan fingerprint density at radius 1 is 1.11 bits per heavy atom. The number of amides is 3. The molecule has 4 rings (SSSR count). The third kappa shape index (κ3) is 2.70. The Morgan fingerprint density at radius 2 is 1.79 bits per heavy atom. The third-order valence-corrected chi connectivity index (χ3v) is 4.97. The number of fused-ring (bicyclic) bond motifs is 1. The van der Waals surface area contributed by atoms with E-state index in [-0.39, 0.29) is 11.7 Å². The van der Waals surface area contributed by atoms with Gasteiger partial charge in [0.05, 0.1) is 12.2 Å². The Kier molecular flexibility index (Phi) is 4.10. The van der Waals surface area contributed by atoms with Crippen molar-refractivity contribution in [3.63, 3.8) is 0 Å². The molecule has 0 spiro atoms. The number of halogens is 1. The van der Waals surface area contributed by atoms with Crippen LogP contribution in [0.25, 0.3) is 0 Å². The number of likely N-dealkylation sites (N-methyl/N-ethyl adjacent to an activating group) is 2. The summed E-state index contributed by atoms with van der Waals surface area (Å²) in [6, 6.07) is 6.80. The first-order valence-corrected chi connectivity index (χ1v) is 8.83. The number of urea groups is 1. The number of carbonyl (C=O) groups excluding carboxylic acids is 2. The Balaban J connectivity index is 1.87. The number of hydrogen-bond acceptors (Lipinski definition) is 4. The molecule has 2 aromatic rings. The maximum atomic E-state index is 13.3. The maximum Gasteiger partial charge on any atom is 0.421 e. The zero-order valence-electron chi connectivity index (χ0n) is 16.0. The summed E-state index contributed by atoms with van der Waals surface area (Å²) in [6.45, 7) is 4.08. The highest BCUT2D eigenvalue weighted by Gasteiger charge is 2.52. The molecule has 1 saturated heterocycles. The molecule has 9 heteroatoms. The van der Waals surface area contributed by atoms with Crippen molar-refractivity contribution in [3.8, 4) is 0 Å². The minimum absolute atomic E-state index is 0.313. The van der Waals surface area contributed by atoms with Gasteiger partial charge in [0.15, 0.2) is 0 Å². The Bertz CT molecular complexity index is 1050. The van der Waals surface area contributed by atoms with E-state index in [0.717, 1.165) is 21.9 Å². The van der Waals surface area contributed by atoms with Crippen LogP contribution in [0.5, 0.6) is 0 Å². The van der Waals surface area contributed by atoms with Gasteiger partial charge in [-0.05, 0) is 37.6 Å². The van der Waals surface area contributed by atoms with E-state index >= 15 is 0 Å². The van der Waals surface area contributed by atoms with Gasteiger partial charge in [-0.15, -0.1) is 9.78 Å². The molecule has 144 valence electrons. The van der Waals surface area contributed by atoms with Gasteiger partial charge in [-0.2, -0.15) is 0 Å². The first kappa shape index (κ1) is 18.0. The lowest BCUT2D eigenvalue weighted by molar-refractivity contribution is -0.553. The number of aliphatic imine (C=N–C) groups is 1. The van der Waals surface area contributed by atoms with Crippen molar-refractivity contribution in [3.05, 3.63) is 53.1 Å². The van der Waals surface area contributed by atoms with Crippen molar-refractivity contribution >= 4 is 23.7 Å². The lowest BCUT2D eigenvalue weighted by Crippen LogP contribution is -2.61. The maximum absolute atomic E-state index is 13.3. The quantitative estimate of drug-likeness (QED) is 0.735. The Labute approximate surface area is 161 Å². The summed E-state index contributed by atoms with van der Waals surface area (Å²) in [5, 5.41) is 4.49. The van der Waals surface area contributed by atoms with Crippen molar-refractivity contribution in [1.82, 2.24) is 19.6 Å². The molecule has 1 fully saturated rings. The summed E-state index contributed by atoms with van der Waals surface area (Å²) in [5.41, 5.74) is 2.48. The van der Waals surface area contributed by atoms with Crippen LogP contribution in [0.15, 0.2) is 35.3 Å². The number of hydrogen-bond donors (Lipinski definition) is 0. The molecule has 0 aliphatic carbocycles. The van der Waals surface area contributed by atoms with Crippen molar-refractivity contribution in [1.29, 1.82) is 0 Å². The smallest absolute Gasteiger partial charge is 0.270 e. The highest BCUT2D eigenvalue weighted by Crippen LogP contribution is 2.22. The number of aromatic nitrogens is 2. The average Bonchev–Trinajstić information content (AvgIpc) is 3.19. The van der Waals surface area contributed by atoms with Crippen molar-refractivity contribution in [2.75, 3.05) is 14.1 Å². The highest BCUT2D eigenvalue weighted by molar-refractivity contribution is 6.22. The number of imide groups is 1. The number of carbonyl (C=O) groups is 2. The van der Waals surface area contributed by atoms with E-state index in [0.29, 0.717) is 18.3 Å². The number of nitrogens with zero attached hydrogens (tertiary/aromatic N) is 6. The molecule has 0 N–H and O–H groups in total. The zero-order valence-corrected chi connectivity index (χ0v) is 16.0. The van der Waals surface area contributed by atoms with Gasteiger partial charge in [0.2, 0.25) is 11.9 Å². The fraction of sp³-hybridized carbons (Fsp3) is 0.316. The van der Waals surface area contributed by atoms with Crippen molar-refractivity contribution in [2.24, 2.45) is 4.99 Å². The minimum Gasteiger partial charge on any atom is -0.270 e. The van der Waals surface area contributed by atoms with Gasteiger partial charge in [-0.3, -0.25) is 14.6 Å². The second-order valence-corrected chi connectivity index (χ2v) is 7.00. The van der Waals surface area contributed by atoms with Crippen LogP contribution in [-0.4, -0.2) is 68.0 Å². The zero-order chi connectivity index (χ0) is 20.2. The van der Waals surface area contributed by atoms with Gasteiger partial charge in [0.1, 0.15) is 11.5 Å². The second-order valence-electron chi connectivity index (χ2n) is 7.00. The highest BCUT2D eigenvalue weighted by atomic mass is 19.1. The van der Waals surface area contributed by atoms with Crippen molar-refractivity contribution < 1.29 is 18.6 Å². The summed E-state index contributed by atoms with van der Waals surface area (Å²) >= 11 is 0. The van der Waals surface area contributed by atoms with E-state index in [1.54, 1.807) is 28.4 Å². The third-order valence-electron chi connectivity index (χ3n) is 4.97. The standard InChI is InChI=1S/C19H20FN6O2/c1-11-9-12(2)26(22-11)18-21-16-15(17(27)24(4)19(28)23(16)3)25(18)10-13-5-7-14(20)8-6-13/h5-9,15H,10H2,1-4H3/q+1. The van der Waals surface area contributed by atoms with Crippen LogP contribution in [0, 0.1) is 19.7 Å². The van der Waals surface area contributed by atoms with E-state index in [1.165, 1.54) is 24.1 Å². The number of aryl methyl sites for hydroxylation is 2. The molecular formula is C19H20FN6O2+. The van der Waals surface area contributed by atoms with Crippen LogP contribution in [0.3, 0.4) is 0 Å². The molecule has 2 aliphatic rings. The lowest BCUT2D eigenvalue weighted by atomic mass is 10.1. The van der Waals surface area contributed by atoms with E-state index in [9.17, 15) is 14.0 Å². The van der Waals surface area contributed by atoms with E-state index < -0.39 is 12.1 Å². The van der Waals surface area contributed by atoms with Crippen LogP contribution >= 0.6 is 0 Å². The van der Waals surface area contributed by atoms with Crippen LogP contribution in [-0.2, 0) is 11.3 Å².